The lowest BCUT2D eigenvalue weighted by molar-refractivity contribution is -0.137. The maximum Gasteiger partial charge on any atom is 0.455 e. The molecule has 3 N–H and O–H groups in total. The average Bonchev–Trinajstić information content (AvgIpc) is 3.12. The van der Waals surface area contributed by atoms with Gasteiger partial charge in [-0.15, -0.1) is 0 Å². The fourth-order valence-electron chi connectivity index (χ4n) is 5.89. The Balaban J connectivity index is 1.60. The second-order valence-electron chi connectivity index (χ2n) is 9.64. The normalized spacial score (nSPS) is 26.3. The van der Waals surface area contributed by atoms with Gasteiger partial charge in [-0.2, -0.15) is 4.90 Å². The number of hydrogen-bond acceptors (Lipinski definition) is 8. The fraction of sp³-hybridized carbons (Fsp3) is 0.500. The van der Waals surface area contributed by atoms with E-state index in [4.69, 9.17) is 4.65 Å². The number of amides is 3. The molecule has 2 saturated heterocycles. The molecule has 0 unspecified atom stereocenters. The van der Waals surface area contributed by atoms with Gasteiger partial charge in [0.05, 0.1) is 31.7 Å². The van der Waals surface area contributed by atoms with Crippen LogP contribution in [0.25, 0.3) is 6.08 Å². The maximum absolute atomic E-state index is 13.2. The summed E-state index contributed by atoms with van der Waals surface area (Å²) in [5.41, 5.74) is 3.53. The second kappa shape index (κ2) is 11.0. The lowest BCUT2D eigenvalue weighted by Crippen LogP contribution is -2.46. The maximum atomic E-state index is 13.2. The monoisotopic (exact) mass is 497 g/mol. The lowest BCUT2D eigenvalue weighted by atomic mass is 9.58. The number of imide groups is 3. The van der Waals surface area contributed by atoms with Crippen LogP contribution in [0, 0.1) is 17.8 Å². The lowest BCUT2D eigenvalue weighted by Gasteiger charge is -2.42. The SMILES string of the molecule is CCC/C(=C\c1ccc(O)cc1)CC[C@H]1OB(O)C[C@H]2C1=C(CO)C[C@H]1C(=O)N(C(=O)OC)C(=O)[C@H]12. The van der Waals surface area contributed by atoms with E-state index in [0.717, 1.165) is 31.1 Å². The molecule has 0 aromatic heterocycles. The summed E-state index contributed by atoms with van der Waals surface area (Å²) >= 11 is 0. The Morgan fingerprint density at radius 1 is 1.19 bits per heavy atom. The smallest absolute Gasteiger partial charge is 0.455 e. The molecule has 2 aliphatic heterocycles. The number of fused-ring (bicyclic) bond motifs is 3. The highest BCUT2D eigenvalue weighted by Gasteiger charge is 2.59. The molecular weight excluding hydrogens is 465 g/mol. The Morgan fingerprint density at radius 3 is 2.56 bits per heavy atom. The minimum absolute atomic E-state index is 0.107. The number of aliphatic hydroxyl groups excluding tert-OH is 1. The van der Waals surface area contributed by atoms with E-state index in [2.05, 4.69) is 17.7 Å². The molecule has 10 heteroatoms. The number of ether oxygens (including phenoxy) is 1. The van der Waals surface area contributed by atoms with Gasteiger partial charge >= 0.3 is 13.2 Å². The molecule has 3 amide bonds. The molecule has 1 aromatic rings. The highest BCUT2D eigenvalue weighted by atomic mass is 16.5. The van der Waals surface area contributed by atoms with Gasteiger partial charge in [0.2, 0.25) is 11.8 Å². The first-order valence-corrected chi connectivity index (χ1v) is 12.4. The zero-order chi connectivity index (χ0) is 26.0. The highest BCUT2D eigenvalue weighted by Crippen LogP contribution is 2.50. The van der Waals surface area contributed by atoms with Gasteiger partial charge in [0.15, 0.2) is 0 Å². The topological polar surface area (TPSA) is 134 Å². The number of methoxy groups -OCH3 is 1. The summed E-state index contributed by atoms with van der Waals surface area (Å²) in [4.78, 5) is 38.8. The van der Waals surface area contributed by atoms with Crippen LogP contribution in [-0.2, 0) is 19.0 Å². The van der Waals surface area contributed by atoms with Crippen molar-refractivity contribution in [2.45, 2.75) is 51.5 Å². The van der Waals surface area contributed by atoms with Gasteiger partial charge in [0.1, 0.15) is 5.75 Å². The Hall–Kier alpha value is -2.95. The van der Waals surface area contributed by atoms with Crippen molar-refractivity contribution in [3.05, 3.63) is 46.5 Å². The highest BCUT2D eigenvalue weighted by molar-refractivity contribution is 6.43. The number of benzene rings is 1. The summed E-state index contributed by atoms with van der Waals surface area (Å²) in [5.74, 6) is -3.13. The summed E-state index contributed by atoms with van der Waals surface area (Å²) in [5, 5.41) is 30.3. The molecule has 192 valence electrons. The molecule has 0 radical (unpaired) electrons. The number of hydrogen-bond donors (Lipinski definition) is 3. The van der Waals surface area contributed by atoms with Crippen molar-refractivity contribution >= 4 is 31.1 Å². The van der Waals surface area contributed by atoms with Gasteiger partial charge in [-0.1, -0.05) is 37.1 Å². The number of phenols is 1. The molecule has 3 aliphatic rings. The first-order chi connectivity index (χ1) is 17.3. The number of nitrogens with zero attached hydrogens (tertiary/aromatic N) is 1. The molecule has 9 nitrogen and oxygen atoms in total. The average molecular weight is 497 g/mol. The van der Waals surface area contributed by atoms with Crippen LogP contribution in [0.4, 0.5) is 4.79 Å². The van der Waals surface area contributed by atoms with Crippen LogP contribution in [0.3, 0.4) is 0 Å². The number of carbonyl (C=O) groups is 3. The first-order valence-electron chi connectivity index (χ1n) is 12.4. The molecule has 0 saturated carbocycles. The molecule has 2 heterocycles. The van der Waals surface area contributed by atoms with Crippen LogP contribution in [0.15, 0.2) is 41.0 Å². The first kappa shape index (κ1) is 26.1. The van der Waals surface area contributed by atoms with Crippen molar-refractivity contribution in [2.24, 2.45) is 17.8 Å². The third-order valence-electron chi connectivity index (χ3n) is 7.42. The summed E-state index contributed by atoms with van der Waals surface area (Å²) < 4.78 is 10.6. The van der Waals surface area contributed by atoms with Crippen LogP contribution in [0.5, 0.6) is 5.75 Å². The van der Waals surface area contributed by atoms with E-state index in [9.17, 15) is 29.6 Å². The molecule has 0 spiro atoms. The Morgan fingerprint density at radius 2 is 1.92 bits per heavy atom. The quantitative estimate of drug-likeness (QED) is 0.298. The van der Waals surface area contributed by atoms with Gasteiger partial charge in [-0.3, -0.25) is 9.59 Å². The number of aliphatic hydroxyl groups is 1. The van der Waals surface area contributed by atoms with Crippen LogP contribution in [-0.4, -0.2) is 65.0 Å². The number of carbonyl (C=O) groups excluding carboxylic acids is 3. The van der Waals surface area contributed by atoms with Crippen LogP contribution < -0.4 is 0 Å². The number of aromatic hydroxyl groups is 1. The van der Waals surface area contributed by atoms with Crippen molar-refractivity contribution in [3.63, 3.8) is 0 Å². The molecule has 4 rings (SSSR count). The largest absolute Gasteiger partial charge is 0.508 e. The number of likely N-dealkylation sites (tertiary alicyclic amines) is 1. The Bertz CT molecular complexity index is 1080. The van der Waals surface area contributed by atoms with Crippen molar-refractivity contribution in [3.8, 4) is 5.75 Å². The molecule has 4 atom stereocenters. The molecule has 0 bridgehead atoms. The van der Waals surface area contributed by atoms with Gasteiger partial charge in [0.25, 0.3) is 0 Å². The zero-order valence-electron chi connectivity index (χ0n) is 20.6. The van der Waals surface area contributed by atoms with E-state index in [1.807, 2.05) is 12.1 Å². The van der Waals surface area contributed by atoms with Crippen molar-refractivity contribution < 1.29 is 39.0 Å². The van der Waals surface area contributed by atoms with Gasteiger partial charge in [-0.05, 0) is 66.8 Å². The van der Waals surface area contributed by atoms with Crippen LogP contribution >= 0.6 is 0 Å². The van der Waals surface area contributed by atoms with Gasteiger partial charge in [0, 0.05) is 0 Å². The van der Waals surface area contributed by atoms with Crippen molar-refractivity contribution in [1.82, 2.24) is 4.90 Å². The van der Waals surface area contributed by atoms with Crippen molar-refractivity contribution in [1.29, 1.82) is 0 Å². The van der Waals surface area contributed by atoms with E-state index < -0.39 is 48.9 Å². The van der Waals surface area contributed by atoms with Crippen molar-refractivity contribution in [2.75, 3.05) is 13.7 Å². The Labute approximate surface area is 210 Å². The second-order valence-corrected chi connectivity index (χ2v) is 9.64. The van der Waals surface area contributed by atoms with E-state index >= 15 is 0 Å². The van der Waals surface area contributed by atoms with Gasteiger partial charge in [-0.25, -0.2) is 4.79 Å². The molecular formula is C26H32BNO8. The summed E-state index contributed by atoms with van der Waals surface area (Å²) in [6.07, 6.45) is 3.78. The minimum Gasteiger partial charge on any atom is -0.508 e. The predicted octanol–water partition coefficient (Wildman–Crippen LogP) is 2.91. The van der Waals surface area contributed by atoms with E-state index in [-0.39, 0.29) is 25.1 Å². The molecule has 1 aromatic carbocycles. The summed E-state index contributed by atoms with van der Waals surface area (Å²) in [6, 6.07) is 6.94. The number of rotatable bonds is 7. The van der Waals surface area contributed by atoms with Crippen LogP contribution in [0.1, 0.15) is 44.6 Å². The summed E-state index contributed by atoms with van der Waals surface area (Å²) in [7, 11) is -0.0187. The van der Waals surface area contributed by atoms with Crippen LogP contribution in [0.2, 0.25) is 6.32 Å². The van der Waals surface area contributed by atoms with Gasteiger partial charge < -0.3 is 24.6 Å². The third-order valence-corrected chi connectivity index (χ3v) is 7.42. The molecule has 1 aliphatic carbocycles. The minimum atomic E-state index is -1.13. The Kier molecular flexibility index (Phi) is 7.97. The summed E-state index contributed by atoms with van der Waals surface area (Å²) in [6.45, 7) is 1.79. The standard InChI is InChI=1S/C26H32BNO8/c1-3-4-15(11-16-5-8-18(30)9-6-16)7-10-21-22-17(14-29)12-19-23(20(22)13-27(34)36-21)25(32)28(24(19)31)26(33)35-2/h5-6,8-9,11,19-21,23,29-30,34H,3-4,7,10,12-14H2,1-2H3/b15-11+/t19-,20+,21-,23-/m1/s1. The van der Waals surface area contributed by atoms with E-state index in [1.165, 1.54) is 5.57 Å². The molecule has 36 heavy (non-hydrogen) atoms. The number of allylic oxidation sites excluding steroid dienone is 1. The van der Waals surface area contributed by atoms with E-state index in [1.54, 1.807) is 12.1 Å². The predicted molar refractivity (Wildman–Crippen MR) is 131 cm³/mol. The number of phenolic OH excluding ortho intramolecular Hbond substituents is 1. The third kappa shape index (κ3) is 4.98. The molecule has 2 fully saturated rings. The zero-order valence-corrected chi connectivity index (χ0v) is 20.6. The van der Waals surface area contributed by atoms with E-state index in [0.29, 0.717) is 23.3 Å². The fourth-order valence-corrected chi connectivity index (χ4v) is 5.89.